The number of furan rings is 1. The van der Waals surface area contributed by atoms with E-state index in [2.05, 4.69) is 9.88 Å². The molecule has 100 valence electrons. The van der Waals surface area contributed by atoms with Gasteiger partial charge in [-0.25, -0.2) is 4.98 Å². The van der Waals surface area contributed by atoms with Crippen molar-refractivity contribution in [2.45, 2.75) is 25.3 Å². The smallest absolute Gasteiger partial charge is 0.139 e. The normalized spacial score (nSPS) is 30.8. The minimum absolute atomic E-state index is 0.402. The molecule has 4 rings (SSSR count). The molecule has 1 aliphatic heterocycles. The maximum Gasteiger partial charge on any atom is 0.139 e. The second-order valence-corrected chi connectivity index (χ2v) is 5.97. The molecule has 3 atom stereocenters. The molecule has 2 aromatic heterocycles. The molecular weight excluding hydrogens is 238 g/mol. The predicted molar refractivity (Wildman–Crippen MR) is 75.0 cm³/mol. The average Bonchev–Trinajstić information content (AvgIpc) is 3.03. The highest BCUT2D eigenvalue weighted by Crippen LogP contribution is 2.38. The lowest BCUT2D eigenvalue weighted by Crippen LogP contribution is -2.32. The van der Waals surface area contributed by atoms with Crippen molar-refractivity contribution >= 4 is 16.8 Å². The Bertz CT molecular complexity index is 594. The summed E-state index contributed by atoms with van der Waals surface area (Å²) in [6, 6.07) is 4.35. The van der Waals surface area contributed by atoms with Crippen molar-refractivity contribution in [1.29, 1.82) is 0 Å². The third-order valence-electron chi connectivity index (χ3n) is 4.75. The van der Waals surface area contributed by atoms with Crippen LogP contribution in [0.5, 0.6) is 0 Å². The molecule has 1 saturated carbocycles. The van der Waals surface area contributed by atoms with Gasteiger partial charge in [-0.05, 0) is 43.2 Å². The van der Waals surface area contributed by atoms with Crippen molar-refractivity contribution in [2.24, 2.45) is 17.6 Å². The van der Waals surface area contributed by atoms with Crippen LogP contribution in [0.25, 0.3) is 11.0 Å². The molecule has 2 aromatic rings. The number of fused-ring (bicyclic) bond motifs is 2. The van der Waals surface area contributed by atoms with Crippen molar-refractivity contribution in [3.8, 4) is 0 Å². The minimum atomic E-state index is 0.402. The second kappa shape index (κ2) is 4.23. The molecule has 0 bridgehead atoms. The standard InChI is InChI=1S/C15H19N3O/c16-12-2-1-10-8-18(9-11(10)7-12)15-13-4-6-19-14(13)3-5-17-15/h3-6,10-12H,1-2,7-9,16H2/t10-,11+,12?/m1/s1. The Morgan fingerprint density at radius 3 is 3.05 bits per heavy atom. The van der Waals surface area contributed by atoms with E-state index < -0.39 is 0 Å². The summed E-state index contributed by atoms with van der Waals surface area (Å²) in [5.41, 5.74) is 7.03. The fraction of sp³-hybridized carbons (Fsp3) is 0.533. The summed E-state index contributed by atoms with van der Waals surface area (Å²) in [5.74, 6) is 2.62. The van der Waals surface area contributed by atoms with E-state index in [1.54, 1.807) is 6.26 Å². The molecule has 0 spiro atoms. The molecule has 0 amide bonds. The van der Waals surface area contributed by atoms with E-state index in [0.717, 1.165) is 41.7 Å². The van der Waals surface area contributed by atoms with Crippen LogP contribution >= 0.6 is 0 Å². The van der Waals surface area contributed by atoms with Gasteiger partial charge in [0.15, 0.2) is 0 Å². The maximum absolute atomic E-state index is 6.10. The molecule has 4 nitrogen and oxygen atoms in total. The van der Waals surface area contributed by atoms with Gasteiger partial charge < -0.3 is 15.1 Å². The molecule has 2 N–H and O–H groups in total. The zero-order valence-corrected chi connectivity index (χ0v) is 11.0. The molecule has 0 aromatic carbocycles. The van der Waals surface area contributed by atoms with Gasteiger partial charge in [0, 0.05) is 25.3 Å². The first kappa shape index (κ1) is 11.3. The van der Waals surface area contributed by atoms with Gasteiger partial charge in [0.2, 0.25) is 0 Å². The first-order chi connectivity index (χ1) is 9.31. The Morgan fingerprint density at radius 2 is 2.11 bits per heavy atom. The summed E-state index contributed by atoms with van der Waals surface area (Å²) in [7, 11) is 0. The van der Waals surface area contributed by atoms with Crippen molar-refractivity contribution in [3.63, 3.8) is 0 Å². The van der Waals surface area contributed by atoms with Crippen LogP contribution in [0.15, 0.2) is 29.0 Å². The van der Waals surface area contributed by atoms with E-state index in [4.69, 9.17) is 10.2 Å². The van der Waals surface area contributed by atoms with Gasteiger partial charge in [-0.1, -0.05) is 0 Å². The number of nitrogens with two attached hydrogens (primary N) is 1. The topological polar surface area (TPSA) is 55.3 Å². The predicted octanol–water partition coefficient (Wildman–Crippen LogP) is 2.39. The zero-order valence-electron chi connectivity index (χ0n) is 11.0. The van der Waals surface area contributed by atoms with Crippen LogP contribution in [0.2, 0.25) is 0 Å². The highest BCUT2D eigenvalue weighted by atomic mass is 16.3. The Hall–Kier alpha value is -1.55. The Morgan fingerprint density at radius 1 is 1.21 bits per heavy atom. The van der Waals surface area contributed by atoms with E-state index in [0.29, 0.717) is 6.04 Å². The van der Waals surface area contributed by atoms with Crippen molar-refractivity contribution in [3.05, 3.63) is 24.6 Å². The highest BCUT2D eigenvalue weighted by Gasteiger charge is 2.37. The fourth-order valence-electron chi connectivity index (χ4n) is 3.77. The molecule has 1 saturated heterocycles. The molecule has 19 heavy (non-hydrogen) atoms. The van der Waals surface area contributed by atoms with Crippen molar-refractivity contribution in [1.82, 2.24) is 4.98 Å². The van der Waals surface area contributed by atoms with Crippen LogP contribution in [0.3, 0.4) is 0 Å². The lowest BCUT2D eigenvalue weighted by atomic mass is 9.79. The van der Waals surface area contributed by atoms with E-state index in [1.807, 2.05) is 18.3 Å². The molecule has 3 heterocycles. The quantitative estimate of drug-likeness (QED) is 0.852. The van der Waals surface area contributed by atoms with Crippen molar-refractivity contribution in [2.75, 3.05) is 18.0 Å². The number of hydrogen-bond donors (Lipinski definition) is 1. The van der Waals surface area contributed by atoms with Crippen LogP contribution in [-0.2, 0) is 0 Å². The Balaban J connectivity index is 1.65. The monoisotopic (exact) mass is 257 g/mol. The number of rotatable bonds is 1. The van der Waals surface area contributed by atoms with Crippen LogP contribution in [0, 0.1) is 11.8 Å². The summed E-state index contributed by atoms with van der Waals surface area (Å²) >= 11 is 0. The number of hydrogen-bond acceptors (Lipinski definition) is 4. The summed E-state index contributed by atoms with van der Waals surface area (Å²) in [6.45, 7) is 2.21. The van der Waals surface area contributed by atoms with Crippen LogP contribution in [0.1, 0.15) is 19.3 Å². The van der Waals surface area contributed by atoms with Crippen LogP contribution in [-0.4, -0.2) is 24.1 Å². The van der Waals surface area contributed by atoms with E-state index in [1.165, 1.54) is 19.3 Å². The molecule has 2 fully saturated rings. The van der Waals surface area contributed by atoms with Crippen LogP contribution < -0.4 is 10.6 Å². The summed E-state index contributed by atoms with van der Waals surface area (Å²) in [6.07, 6.45) is 7.20. The van der Waals surface area contributed by atoms with Gasteiger partial charge in [0.1, 0.15) is 11.4 Å². The lowest BCUT2D eigenvalue weighted by Gasteiger charge is -2.27. The SMILES string of the molecule is NC1CC[C@@H]2CN(c3nccc4occc34)C[C@@H]2C1. The summed E-state index contributed by atoms with van der Waals surface area (Å²) in [4.78, 5) is 6.99. The Labute approximate surface area is 112 Å². The second-order valence-electron chi connectivity index (χ2n) is 5.97. The third kappa shape index (κ3) is 1.82. The van der Waals surface area contributed by atoms with Crippen molar-refractivity contribution < 1.29 is 4.42 Å². The summed E-state index contributed by atoms with van der Waals surface area (Å²) in [5, 5.41) is 1.13. The van der Waals surface area contributed by atoms with E-state index in [-0.39, 0.29) is 0 Å². The third-order valence-corrected chi connectivity index (χ3v) is 4.75. The van der Waals surface area contributed by atoms with Gasteiger partial charge in [-0.15, -0.1) is 0 Å². The maximum atomic E-state index is 6.10. The fourth-order valence-corrected chi connectivity index (χ4v) is 3.77. The number of nitrogens with zero attached hydrogens (tertiary/aromatic N) is 2. The lowest BCUT2D eigenvalue weighted by molar-refractivity contribution is 0.271. The molecule has 4 heteroatoms. The van der Waals surface area contributed by atoms with Gasteiger partial charge in [0.05, 0.1) is 11.6 Å². The van der Waals surface area contributed by atoms with Gasteiger partial charge in [-0.3, -0.25) is 0 Å². The number of aromatic nitrogens is 1. The highest BCUT2D eigenvalue weighted by molar-refractivity contribution is 5.88. The molecule has 2 aliphatic rings. The zero-order chi connectivity index (χ0) is 12.8. The molecule has 1 aliphatic carbocycles. The molecule has 1 unspecified atom stereocenters. The molecular formula is C15H19N3O. The summed E-state index contributed by atoms with van der Waals surface area (Å²) < 4.78 is 5.47. The minimum Gasteiger partial charge on any atom is -0.464 e. The first-order valence-corrected chi connectivity index (χ1v) is 7.14. The van der Waals surface area contributed by atoms with Gasteiger partial charge in [-0.2, -0.15) is 0 Å². The number of anilines is 1. The van der Waals surface area contributed by atoms with Crippen LogP contribution in [0.4, 0.5) is 5.82 Å². The van der Waals surface area contributed by atoms with Gasteiger partial charge >= 0.3 is 0 Å². The van der Waals surface area contributed by atoms with Gasteiger partial charge in [0.25, 0.3) is 0 Å². The average molecular weight is 257 g/mol. The van der Waals surface area contributed by atoms with E-state index >= 15 is 0 Å². The van der Waals surface area contributed by atoms with E-state index in [9.17, 15) is 0 Å². The first-order valence-electron chi connectivity index (χ1n) is 7.14. The largest absolute Gasteiger partial charge is 0.464 e. The molecule has 0 radical (unpaired) electrons. The number of pyridine rings is 1. The Kier molecular flexibility index (Phi) is 2.52.